The third kappa shape index (κ3) is 1.79. The van der Waals surface area contributed by atoms with E-state index in [2.05, 4.69) is 86.0 Å². The molecule has 0 saturated heterocycles. The topological polar surface area (TPSA) is 4.93 Å². The molecule has 4 aromatic rings. The van der Waals surface area contributed by atoms with Gasteiger partial charge in [0.05, 0.1) is 11.0 Å². The highest BCUT2D eigenvalue weighted by atomic mass is 15.0. The van der Waals surface area contributed by atoms with E-state index < -0.39 is 0 Å². The van der Waals surface area contributed by atoms with Crippen LogP contribution in [0.2, 0.25) is 0 Å². The van der Waals surface area contributed by atoms with Crippen molar-refractivity contribution in [3.8, 4) is 5.69 Å². The molecule has 0 spiro atoms. The minimum absolute atomic E-state index is 1.22. The summed E-state index contributed by atoms with van der Waals surface area (Å²) in [5.74, 6) is 0. The van der Waals surface area contributed by atoms with Crippen molar-refractivity contribution in [2.75, 3.05) is 0 Å². The van der Waals surface area contributed by atoms with E-state index in [0.29, 0.717) is 0 Å². The molecule has 0 bridgehead atoms. The van der Waals surface area contributed by atoms with Crippen LogP contribution in [0.15, 0.2) is 60.7 Å². The Morgan fingerprint density at radius 3 is 1.59 bits per heavy atom. The van der Waals surface area contributed by atoms with Gasteiger partial charge < -0.3 is 4.57 Å². The van der Waals surface area contributed by atoms with Gasteiger partial charge in [0.15, 0.2) is 0 Å². The first-order chi connectivity index (χ1) is 10.7. The van der Waals surface area contributed by atoms with Crippen LogP contribution in [-0.2, 0) is 0 Å². The Morgan fingerprint density at radius 2 is 1.09 bits per heavy atom. The molecule has 1 aromatic heterocycles. The second kappa shape index (κ2) is 4.74. The van der Waals surface area contributed by atoms with Crippen molar-refractivity contribution in [2.24, 2.45) is 0 Å². The molecule has 0 amide bonds. The molecule has 1 nitrogen and oxygen atoms in total. The third-order valence-electron chi connectivity index (χ3n) is 4.53. The summed E-state index contributed by atoms with van der Waals surface area (Å²) in [5.41, 5.74) is 7.75. The second-order valence-electron chi connectivity index (χ2n) is 6.11. The SMILES string of the molecule is Cc1ccc(-n2c3cccc(C)c3c3c(C)cccc32)cc1. The number of hydrogen-bond acceptors (Lipinski definition) is 0. The molecule has 0 saturated carbocycles. The molecule has 1 heteroatoms. The average molecular weight is 285 g/mol. The van der Waals surface area contributed by atoms with Crippen LogP contribution in [0.4, 0.5) is 0 Å². The minimum Gasteiger partial charge on any atom is -0.309 e. The number of nitrogens with zero attached hydrogens (tertiary/aromatic N) is 1. The predicted octanol–water partition coefficient (Wildman–Crippen LogP) is 5.71. The summed E-state index contributed by atoms with van der Waals surface area (Å²) >= 11 is 0. The van der Waals surface area contributed by atoms with Gasteiger partial charge in [-0.25, -0.2) is 0 Å². The zero-order valence-electron chi connectivity index (χ0n) is 13.2. The Bertz CT molecular complexity index is 929. The Kier molecular flexibility index (Phi) is 2.83. The zero-order chi connectivity index (χ0) is 15.3. The molecule has 0 atom stereocenters. The van der Waals surface area contributed by atoms with Gasteiger partial charge in [0.1, 0.15) is 0 Å². The highest BCUT2D eigenvalue weighted by Crippen LogP contribution is 2.35. The highest BCUT2D eigenvalue weighted by molar-refractivity contribution is 6.12. The molecule has 0 fully saturated rings. The van der Waals surface area contributed by atoms with E-state index in [9.17, 15) is 0 Å². The van der Waals surface area contributed by atoms with Crippen molar-refractivity contribution in [1.29, 1.82) is 0 Å². The molecule has 0 aliphatic heterocycles. The molecule has 3 aromatic carbocycles. The zero-order valence-corrected chi connectivity index (χ0v) is 13.2. The van der Waals surface area contributed by atoms with Gasteiger partial charge in [0.2, 0.25) is 0 Å². The van der Waals surface area contributed by atoms with Crippen molar-refractivity contribution in [2.45, 2.75) is 20.8 Å². The molecular weight excluding hydrogens is 266 g/mol. The van der Waals surface area contributed by atoms with Gasteiger partial charge in [-0.15, -0.1) is 0 Å². The summed E-state index contributed by atoms with van der Waals surface area (Å²) in [5, 5.41) is 2.74. The first-order valence-electron chi connectivity index (χ1n) is 7.73. The Balaban J connectivity index is 2.23. The standard InChI is InChI=1S/C21H19N/c1-14-10-12-17(13-11-14)22-18-8-4-6-15(2)20(18)21-16(3)7-5-9-19(21)22/h4-13H,1-3H3. The summed E-state index contributed by atoms with van der Waals surface area (Å²) in [6, 6.07) is 21.9. The maximum atomic E-state index is 2.38. The van der Waals surface area contributed by atoms with E-state index in [1.807, 2.05) is 0 Å². The van der Waals surface area contributed by atoms with Crippen LogP contribution >= 0.6 is 0 Å². The van der Waals surface area contributed by atoms with Gasteiger partial charge >= 0.3 is 0 Å². The van der Waals surface area contributed by atoms with E-state index in [-0.39, 0.29) is 0 Å². The van der Waals surface area contributed by atoms with Crippen LogP contribution in [0, 0.1) is 20.8 Å². The molecule has 0 radical (unpaired) electrons. The van der Waals surface area contributed by atoms with Crippen LogP contribution < -0.4 is 0 Å². The maximum absolute atomic E-state index is 2.38. The fourth-order valence-electron chi connectivity index (χ4n) is 3.43. The van der Waals surface area contributed by atoms with Crippen LogP contribution in [0.25, 0.3) is 27.5 Å². The fraction of sp³-hybridized carbons (Fsp3) is 0.143. The van der Waals surface area contributed by atoms with Crippen LogP contribution in [0.5, 0.6) is 0 Å². The van der Waals surface area contributed by atoms with E-state index in [1.165, 1.54) is 44.2 Å². The second-order valence-corrected chi connectivity index (χ2v) is 6.11. The van der Waals surface area contributed by atoms with Crippen LogP contribution in [0.1, 0.15) is 16.7 Å². The van der Waals surface area contributed by atoms with Gasteiger partial charge in [-0.3, -0.25) is 0 Å². The van der Waals surface area contributed by atoms with E-state index in [1.54, 1.807) is 0 Å². The van der Waals surface area contributed by atoms with Crippen LogP contribution in [-0.4, -0.2) is 4.57 Å². The smallest absolute Gasteiger partial charge is 0.0543 e. The molecule has 0 aliphatic carbocycles. The predicted molar refractivity (Wildman–Crippen MR) is 95.0 cm³/mol. The summed E-state index contributed by atoms with van der Waals surface area (Å²) in [6.07, 6.45) is 0. The van der Waals surface area contributed by atoms with Gasteiger partial charge in [-0.1, -0.05) is 42.0 Å². The van der Waals surface area contributed by atoms with Crippen molar-refractivity contribution < 1.29 is 0 Å². The lowest BCUT2D eigenvalue weighted by atomic mass is 10.0. The number of benzene rings is 3. The molecule has 0 N–H and O–H groups in total. The highest BCUT2D eigenvalue weighted by Gasteiger charge is 2.14. The Labute approximate surface area is 130 Å². The molecule has 0 unspecified atom stereocenters. The summed E-state index contributed by atoms with van der Waals surface area (Å²) in [7, 11) is 0. The number of fused-ring (bicyclic) bond motifs is 3. The number of aryl methyl sites for hydroxylation is 3. The summed E-state index contributed by atoms with van der Waals surface area (Å²) in [6.45, 7) is 6.53. The van der Waals surface area contributed by atoms with Gasteiger partial charge in [0.25, 0.3) is 0 Å². The summed E-state index contributed by atoms with van der Waals surface area (Å²) in [4.78, 5) is 0. The largest absolute Gasteiger partial charge is 0.309 e. The number of rotatable bonds is 1. The quantitative estimate of drug-likeness (QED) is 0.422. The maximum Gasteiger partial charge on any atom is 0.0543 e. The van der Waals surface area contributed by atoms with Crippen molar-refractivity contribution in [3.05, 3.63) is 77.4 Å². The minimum atomic E-state index is 1.22. The molecule has 0 aliphatic rings. The lowest BCUT2D eigenvalue weighted by Gasteiger charge is -2.08. The lowest BCUT2D eigenvalue weighted by Crippen LogP contribution is -1.93. The molecule has 4 rings (SSSR count). The monoisotopic (exact) mass is 285 g/mol. The Morgan fingerprint density at radius 1 is 0.591 bits per heavy atom. The van der Waals surface area contributed by atoms with E-state index in [4.69, 9.17) is 0 Å². The third-order valence-corrected chi connectivity index (χ3v) is 4.53. The normalized spacial score (nSPS) is 11.4. The van der Waals surface area contributed by atoms with Crippen molar-refractivity contribution in [1.82, 2.24) is 4.57 Å². The number of aromatic nitrogens is 1. The molecular formula is C21H19N. The molecule has 108 valence electrons. The van der Waals surface area contributed by atoms with Crippen molar-refractivity contribution in [3.63, 3.8) is 0 Å². The van der Waals surface area contributed by atoms with Crippen molar-refractivity contribution >= 4 is 21.8 Å². The first kappa shape index (κ1) is 13.1. The summed E-state index contributed by atoms with van der Waals surface area (Å²) < 4.78 is 2.38. The van der Waals surface area contributed by atoms with Gasteiger partial charge in [-0.05, 0) is 56.2 Å². The average Bonchev–Trinajstić information content (AvgIpc) is 2.85. The molecule has 22 heavy (non-hydrogen) atoms. The van der Waals surface area contributed by atoms with E-state index in [0.717, 1.165) is 0 Å². The van der Waals surface area contributed by atoms with E-state index >= 15 is 0 Å². The first-order valence-corrected chi connectivity index (χ1v) is 7.73. The van der Waals surface area contributed by atoms with Gasteiger partial charge in [0, 0.05) is 16.5 Å². The van der Waals surface area contributed by atoms with Crippen LogP contribution in [0.3, 0.4) is 0 Å². The lowest BCUT2D eigenvalue weighted by molar-refractivity contribution is 1.17. The van der Waals surface area contributed by atoms with Gasteiger partial charge in [-0.2, -0.15) is 0 Å². The Hall–Kier alpha value is -2.54. The number of hydrogen-bond donors (Lipinski definition) is 0. The fourth-order valence-corrected chi connectivity index (χ4v) is 3.43. The molecule has 1 heterocycles.